The standard InChI is InChI=1S/C16H12Cl2FN3O/c1-22-16(9-5-6-10(8-23)12(18)7-9)20-15(21-22)14-11(17)3-2-4-13(14)19/h2-7,23H,8H2,1H3. The number of halogens is 3. The molecule has 0 atom stereocenters. The first-order valence-corrected chi connectivity index (χ1v) is 7.52. The van der Waals surface area contributed by atoms with E-state index in [1.165, 1.54) is 16.8 Å². The predicted octanol–water partition coefficient (Wildman–Crippen LogP) is 4.09. The van der Waals surface area contributed by atoms with Gasteiger partial charge in [-0.2, -0.15) is 5.10 Å². The van der Waals surface area contributed by atoms with E-state index in [1.807, 2.05) is 0 Å². The number of hydrogen-bond donors (Lipinski definition) is 1. The number of aliphatic hydroxyl groups is 1. The van der Waals surface area contributed by atoms with Gasteiger partial charge in [0.2, 0.25) is 0 Å². The number of aryl methyl sites for hydroxylation is 1. The van der Waals surface area contributed by atoms with Crippen LogP contribution in [0.4, 0.5) is 4.39 Å². The van der Waals surface area contributed by atoms with E-state index in [1.54, 1.807) is 31.3 Å². The van der Waals surface area contributed by atoms with Crippen LogP contribution in [0.15, 0.2) is 36.4 Å². The van der Waals surface area contributed by atoms with Crippen molar-refractivity contribution in [3.8, 4) is 22.8 Å². The van der Waals surface area contributed by atoms with Crippen molar-refractivity contribution in [2.75, 3.05) is 0 Å². The molecule has 0 bridgehead atoms. The van der Waals surface area contributed by atoms with Gasteiger partial charge in [-0.05, 0) is 23.8 Å². The number of nitrogens with zero attached hydrogens (tertiary/aromatic N) is 3. The highest BCUT2D eigenvalue weighted by atomic mass is 35.5. The molecule has 0 spiro atoms. The van der Waals surface area contributed by atoms with Crippen molar-refractivity contribution in [3.05, 3.63) is 57.8 Å². The molecule has 7 heteroatoms. The quantitative estimate of drug-likeness (QED) is 0.773. The predicted molar refractivity (Wildman–Crippen MR) is 87.8 cm³/mol. The van der Waals surface area contributed by atoms with Gasteiger partial charge in [-0.1, -0.05) is 41.4 Å². The Labute approximate surface area is 142 Å². The highest BCUT2D eigenvalue weighted by molar-refractivity contribution is 6.33. The van der Waals surface area contributed by atoms with E-state index in [0.29, 0.717) is 22.0 Å². The Morgan fingerprint density at radius 1 is 1.17 bits per heavy atom. The van der Waals surface area contributed by atoms with Gasteiger partial charge in [-0.15, -0.1) is 0 Å². The van der Waals surface area contributed by atoms with Crippen LogP contribution in [0.1, 0.15) is 5.56 Å². The molecule has 2 aromatic carbocycles. The van der Waals surface area contributed by atoms with Gasteiger partial charge < -0.3 is 5.11 Å². The summed E-state index contributed by atoms with van der Waals surface area (Å²) in [6.07, 6.45) is 0. The molecule has 0 saturated carbocycles. The summed E-state index contributed by atoms with van der Waals surface area (Å²) in [6, 6.07) is 9.59. The Bertz CT molecular complexity index is 860. The van der Waals surface area contributed by atoms with Crippen molar-refractivity contribution >= 4 is 23.2 Å². The number of benzene rings is 2. The van der Waals surface area contributed by atoms with Crippen molar-refractivity contribution in [2.45, 2.75) is 6.61 Å². The van der Waals surface area contributed by atoms with E-state index in [-0.39, 0.29) is 23.0 Å². The summed E-state index contributed by atoms with van der Waals surface area (Å²) >= 11 is 12.2. The van der Waals surface area contributed by atoms with Crippen molar-refractivity contribution < 1.29 is 9.50 Å². The van der Waals surface area contributed by atoms with Crippen LogP contribution in [0.2, 0.25) is 10.0 Å². The lowest BCUT2D eigenvalue weighted by atomic mass is 10.1. The zero-order chi connectivity index (χ0) is 16.6. The average molecular weight is 352 g/mol. The summed E-state index contributed by atoms with van der Waals surface area (Å²) in [6.45, 7) is -0.145. The third kappa shape index (κ3) is 2.95. The minimum Gasteiger partial charge on any atom is -0.392 e. The van der Waals surface area contributed by atoms with E-state index < -0.39 is 5.82 Å². The van der Waals surface area contributed by atoms with Crippen LogP contribution in [0.3, 0.4) is 0 Å². The third-order valence-corrected chi connectivity index (χ3v) is 4.10. The van der Waals surface area contributed by atoms with Crippen LogP contribution >= 0.6 is 23.2 Å². The van der Waals surface area contributed by atoms with Crippen LogP contribution < -0.4 is 0 Å². The molecule has 23 heavy (non-hydrogen) atoms. The van der Waals surface area contributed by atoms with E-state index in [2.05, 4.69) is 10.1 Å². The molecule has 0 radical (unpaired) electrons. The fourth-order valence-corrected chi connectivity index (χ4v) is 2.76. The van der Waals surface area contributed by atoms with Crippen molar-refractivity contribution in [3.63, 3.8) is 0 Å². The second-order valence-electron chi connectivity index (χ2n) is 4.94. The summed E-state index contributed by atoms with van der Waals surface area (Å²) < 4.78 is 15.5. The normalized spacial score (nSPS) is 11.0. The van der Waals surface area contributed by atoms with Gasteiger partial charge in [0.25, 0.3) is 0 Å². The minimum absolute atomic E-state index is 0.145. The molecule has 3 rings (SSSR count). The largest absolute Gasteiger partial charge is 0.392 e. The van der Waals surface area contributed by atoms with Crippen molar-refractivity contribution in [1.82, 2.24) is 14.8 Å². The number of hydrogen-bond acceptors (Lipinski definition) is 3. The lowest BCUT2D eigenvalue weighted by Crippen LogP contribution is -1.95. The minimum atomic E-state index is -0.483. The van der Waals surface area contributed by atoms with Gasteiger partial charge >= 0.3 is 0 Å². The summed E-state index contributed by atoms with van der Waals surface area (Å²) in [5.41, 5.74) is 1.49. The van der Waals surface area contributed by atoms with Crippen molar-refractivity contribution in [1.29, 1.82) is 0 Å². The maximum atomic E-state index is 14.0. The second-order valence-corrected chi connectivity index (χ2v) is 5.76. The molecule has 0 aliphatic rings. The summed E-state index contributed by atoms with van der Waals surface area (Å²) in [5.74, 6) is 0.238. The lowest BCUT2D eigenvalue weighted by molar-refractivity contribution is 0.282. The maximum absolute atomic E-state index is 14.0. The molecule has 1 N–H and O–H groups in total. The monoisotopic (exact) mass is 351 g/mol. The molecule has 0 saturated heterocycles. The van der Waals surface area contributed by atoms with Gasteiger partial charge in [0, 0.05) is 17.6 Å². The first-order valence-electron chi connectivity index (χ1n) is 6.76. The van der Waals surface area contributed by atoms with Crippen molar-refractivity contribution in [2.24, 2.45) is 7.05 Å². The fraction of sp³-hybridized carbons (Fsp3) is 0.125. The first kappa shape index (κ1) is 15.9. The molecule has 1 aromatic heterocycles. The smallest absolute Gasteiger partial charge is 0.186 e. The third-order valence-electron chi connectivity index (χ3n) is 3.43. The van der Waals surface area contributed by atoms with E-state index in [9.17, 15) is 9.50 Å². The van der Waals surface area contributed by atoms with Crippen LogP contribution in [0.25, 0.3) is 22.8 Å². The van der Waals surface area contributed by atoms with E-state index >= 15 is 0 Å². The van der Waals surface area contributed by atoms with Gasteiger partial charge in [-0.3, -0.25) is 0 Å². The summed E-state index contributed by atoms with van der Waals surface area (Å²) in [4.78, 5) is 4.37. The average Bonchev–Trinajstić information content (AvgIpc) is 2.88. The topological polar surface area (TPSA) is 50.9 Å². The molecule has 0 aliphatic carbocycles. The van der Waals surface area contributed by atoms with E-state index in [4.69, 9.17) is 23.2 Å². The highest BCUT2D eigenvalue weighted by Gasteiger charge is 2.17. The Hall–Kier alpha value is -1.95. The summed E-state index contributed by atoms with van der Waals surface area (Å²) in [7, 11) is 1.70. The SMILES string of the molecule is Cn1nc(-c2c(F)cccc2Cl)nc1-c1ccc(CO)c(Cl)c1. The van der Waals surface area contributed by atoms with Gasteiger partial charge in [-0.25, -0.2) is 14.1 Å². The van der Waals surface area contributed by atoms with Gasteiger partial charge in [0.05, 0.1) is 17.2 Å². The molecule has 0 aliphatic heterocycles. The number of aliphatic hydroxyl groups excluding tert-OH is 1. The zero-order valence-electron chi connectivity index (χ0n) is 12.1. The molecular weight excluding hydrogens is 340 g/mol. The fourth-order valence-electron chi connectivity index (χ4n) is 2.27. The molecule has 0 fully saturated rings. The van der Waals surface area contributed by atoms with Crippen LogP contribution in [-0.2, 0) is 13.7 Å². The Kier molecular flexibility index (Phi) is 4.35. The number of aromatic nitrogens is 3. The van der Waals surface area contributed by atoms with E-state index in [0.717, 1.165) is 0 Å². The zero-order valence-corrected chi connectivity index (χ0v) is 13.6. The molecule has 1 heterocycles. The van der Waals surface area contributed by atoms with Crippen LogP contribution in [0.5, 0.6) is 0 Å². The molecule has 4 nitrogen and oxygen atoms in total. The molecule has 118 valence electrons. The Balaban J connectivity index is 2.10. The second kappa shape index (κ2) is 6.28. The highest BCUT2D eigenvalue weighted by Crippen LogP contribution is 2.31. The molecule has 0 amide bonds. The van der Waals surface area contributed by atoms with Crippen LogP contribution in [0, 0.1) is 5.82 Å². The molecule has 3 aromatic rings. The van der Waals surface area contributed by atoms with Gasteiger partial charge in [0.15, 0.2) is 11.6 Å². The molecular formula is C16H12Cl2FN3O. The Morgan fingerprint density at radius 3 is 2.61 bits per heavy atom. The van der Waals surface area contributed by atoms with Crippen LogP contribution in [-0.4, -0.2) is 19.9 Å². The first-order chi connectivity index (χ1) is 11.0. The number of rotatable bonds is 3. The Morgan fingerprint density at radius 2 is 1.96 bits per heavy atom. The van der Waals surface area contributed by atoms with Gasteiger partial charge in [0.1, 0.15) is 5.82 Å². The summed E-state index contributed by atoms with van der Waals surface area (Å²) in [5, 5.41) is 14.1. The maximum Gasteiger partial charge on any atom is 0.186 e. The molecule has 0 unspecified atom stereocenters. The lowest BCUT2D eigenvalue weighted by Gasteiger charge is -2.04.